The molecule has 4 rings (SSSR count). The van der Waals surface area contributed by atoms with Crippen LogP contribution in [0.25, 0.3) is 11.0 Å². The lowest BCUT2D eigenvalue weighted by atomic mass is 10.2. The minimum Gasteiger partial charge on any atom is -0.497 e. The summed E-state index contributed by atoms with van der Waals surface area (Å²) >= 11 is 0. The minimum atomic E-state index is -0.0763. The number of hydrogen-bond acceptors (Lipinski definition) is 6. The van der Waals surface area contributed by atoms with E-state index < -0.39 is 0 Å². The van der Waals surface area contributed by atoms with E-state index in [9.17, 15) is 4.79 Å². The molecule has 1 aliphatic rings. The maximum Gasteiger partial charge on any atom is 0.200 e. The zero-order chi connectivity index (χ0) is 18.6. The van der Waals surface area contributed by atoms with Gasteiger partial charge in [-0.1, -0.05) is 18.2 Å². The number of para-hydroxylation sites is 1. The van der Waals surface area contributed by atoms with E-state index in [1.54, 1.807) is 25.3 Å². The Morgan fingerprint density at radius 2 is 1.85 bits per heavy atom. The van der Waals surface area contributed by atoms with Crippen LogP contribution in [0.3, 0.4) is 0 Å². The maximum atomic E-state index is 12.6. The fourth-order valence-electron chi connectivity index (χ4n) is 3.08. The third-order valence-electron chi connectivity index (χ3n) is 4.58. The molecule has 0 unspecified atom stereocenters. The molecule has 27 heavy (non-hydrogen) atoms. The molecule has 6 nitrogen and oxygen atoms in total. The van der Waals surface area contributed by atoms with Gasteiger partial charge in [-0.05, 0) is 29.8 Å². The molecule has 0 amide bonds. The number of benzene rings is 2. The summed E-state index contributed by atoms with van der Waals surface area (Å²) in [6.07, 6.45) is 0. The standard InChI is InChI=1S/C21H21NO5/c1-24-16-7-5-15(6-8-16)14-26-19-4-2-3-17-18(23)13-20(27-21(17)19)22-9-11-25-12-10-22/h2-8,13H,9-12,14H2,1H3. The molecule has 0 radical (unpaired) electrons. The van der Waals surface area contributed by atoms with Gasteiger partial charge in [0.15, 0.2) is 22.6 Å². The van der Waals surface area contributed by atoms with Gasteiger partial charge in [0.2, 0.25) is 0 Å². The molecule has 0 aliphatic carbocycles. The summed E-state index contributed by atoms with van der Waals surface area (Å²) < 4.78 is 22.6. The Bertz CT molecular complexity index is 974. The number of anilines is 1. The molecule has 1 aliphatic heterocycles. The van der Waals surface area contributed by atoms with Crippen LogP contribution in [0.4, 0.5) is 5.88 Å². The topological polar surface area (TPSA) is 61.1 Å². The Balaban J connectivity index is 1.63. The Kier molecular flexibility index (Phi) is 4.98. The van der Waals surface area contributed by atoms with Crippen LogP contribution >= 0.6 is 0 Å². The number of nitrogens with zero attached hydrogens (tertiary/aromatic N) is 1. The van der Waals surface area contributed by atoms with Crippen molar-refractivity contribution in [3.8, 4) is 11.5 Å². The van der Waals surface area contributed by atoms with E-state index >= 15 is 0 Å². The number of rotatable bonds is 5. The number of hydrogen-bond donors (Lipinski definition) is 0. The molecule has 0 N–H and O–H groups in total. The molecule has 1 aromatic heterocycles. The average Bonchev–Trinajstić information content (AvgIpc) is 2.73. The molecule has 1 saturated heterocycles. The van der Waals surface area contributed by atoms with E-state index in [-0.39, 0.29) is 5.43 Å². The fraction of sp³-hybridized carbons (Fsp3) is 0.286. The van der Waals surface area contributed by atoms with Crippen LogP contribution in [0, 0.1) is 0 Å². The van der Waals surface area contributed by atoms with Crippen molar-refractivity contribution in [1.82, 2.24) is 0 Å². The molecule has 2 aromatic carbocycles. The van der Waals surface area contributed by atoms with Crippen molar-refractivity contribution in [2.75, 3.05) is 38.3 Å². The Hall–Kier alpha value is -2.99. The van der Waals surface area contributed by atoms with Crippen molar-refractivity contribution in [3.05, 3.63) is 64.3 Å². The lowest BCUT2D eigenvalue weighted by Gasteiger charge is -2.27. The molecular formula is C21H21NO5. The van der Waals surface area contributed by atoms with Crippen LogP contribution in [0.15, 0.2) is 57.7 Å². The van der Waals surface area contributed by atoms with Gasteiger partial charge in [0, 0.05) is 19.2 Å². The second kappa shape index (κ2) is 7.72. The molecule has 1 fully saturated rings. The van der Waals surface area contributed by atoms with Gasteiger partial charge >= 0.3 is 0 Å². The van der Waals surface area contributed by atoms with E-state index in [4.69, 9.17) is 18.6 Å². The normalized spacial score (nSPS) is 14.3. The van der Waals surface area contributed by atoms with Gasteiger partial charge in [0.05, 0.1) is 25.7 Å². The largest absolute Gasteiger partial charge is 0.497 e. The lowest BCUT2D eigenvalue weighted by Crippen LogP contribution is -2.36. The third kappa shape index (κ3) is 3.75. The van der Waals surface area contributed by atoms with Crippen molar-refractivity contribution >= 4 is 16.9 Å². The van der Waals surface area contributed by atoms with Crippen LogP contribution in [0.1, 0.15) is 5.56 Å². The summed E-state index contributed by atoms with van der Waals surface area (Å²) in [6, 6.07) is 14.6. The number of ether oxygens (including phenoxy) is 3. The Morgan fingerprint density at radius 1 is 1.07 bits per heavy atom. The van der Waals surface area contributed by atoms with Crippen LogP contribution in [0.5, 0.6) is 11.5 Å². The molecule has 2 heterocycles. The predicted octanol–water partition coefficient (Wildman–Crippen LogP) is 3.22. The van der Waals surface area contributed by atoms with Crippen LogP contribution < -0.4 is 19.8 Å². The summed E-state index contributed by atoms with van der Waals surface area (Å²) in [5, 5.41) is 0.513. The van der Waals surface area contributed by atoms with Gasteiger partial charge in [-0.25, -0.2) is 0 Å². The highest BCUT2D eigenvalue weighted by atomic mass is 16.5. The van der Waals surface area contributed by atoms with E-state index in [0.717, 1.165) is 11.3 Å². The molecule has 6 heteroatoms. The molecular weight excluding hydrogens is 346 g/mol. The monoisotopic (exact) mass is 367 g/mol. The molecule has 140 valence electrons. The third-order valence-corrected chi connectivity index (χ3v) is 4.58. The number of morpholine rings is 1. The van der Waals surface area contributed by atoms with Crippen LogP contribution in [-0.4, -0.2) is 33.4 Å². The fourth-order valence-corrected chi connectivity index (χ4v) is 3.08. The molecule has 3 aromatic rings. The average molecular weight is 367 g/mol. The SMILES string of the molecule is COc1ccc(COc2cccc3c(=O)cc(N4CCOCC4)oc23)cc1. The van der Waals surface area contributed by atoms with Gasteiger partial charge in [0.25, 0.3) is 0 Å². The van der Waals surface area contributed by atoms with Gasteiger partial charge in [0.1, 0.15) is 12.4 Å². The predicted molar refractivity (Wildman–Crippen MR) is 103 cm³/mol. The van der Waals surface area contributed by atoms with Crippen LogP contribution in [0.2, 0.25) is 0 Å². The minimum absolute atomic E-state index is 0.0763. The second-order valence-corrected chi connectivity index (χ2v) is 6.32. The number of methoxy groups -OCH3 is 1. The summed E-state index contributed by atoms with van der Waals surface area (Å²) in [6.45, 7) is 3.01. The van der Waals surface area contributed by atoms with E-state index in [2.05, 4.69) is 0 Å². The highest BCUT2D eigenvalue weighted by molar-refractivity contribution is 5.83. The van der Waals surface area contributed by atoms with Gasteiger partial charge in [-0.3, -0.25) is 4.79 Å². The smallest absolute Gasteiger partial charge is 0.200 e. The Morgan fingerprint density at radius 3 is 2.59 bits per heavy atom. The van der Waals surface area contributed by atoms with E-state index in [1.165, 1.54) is 0 Å². The van der Waals surface area contributed by atoms with Crippen molar-refractivity contribution < 1.29 is 18.6 Å². The highest BCUT2D eigenvalue weighted by Gasteiger charge is 2.17. The van der Waals surface area contributed by atoms with Gasteiger partial charge < -0.3 is 23.5 Å². The maximum absolute atomic E-state index is 12.6. The first-order valence-electron chi connectivity index (χ1n) is 8.90. The molecule has 0 saturated carbocycles. The van der Waals surface area contributed by atoms with Crippen LogP contribution in [-0.2, 0) is 11.3 Å². The molecule has 0 spiro atoms. The summed E-state index contributed by atoms with van der Waals surface area (Å²) in [7, 11) is 1.63. The Labute approximate surface area is 156 Å². The quantitative estimate of drug-likeness (QED) is 0.690. The summed E-state index contributed by atoms with van der Waals surface area (Å²) in [5.41, 5.74) is 1.40. The first-order valence-corrected chi connectivity index (χ1v) is 8.90. The van der Waals surface area contributed by atoms with Gasteiger partial charge in [-0.15, -0.1) is 0 Å². The van der Waals surface area contributed by atoms with E-state index in [1.807, 2.05) is 35.2 Å². The number of fused-ring (bicyclic) bond motifs is 1. The highest BCUT2D eigenvalue weighted by Crippen LogP contribution is 2.28. The van der Waals surface area contributed by atoms with Crippen molar-refractivity contribution in [3.63, 3.8) is 0 Å². The van der Waals surface area contributed by atoms with Crippen molar-refractivity contribution in [2.45, 2.75) is 6.61 Å². The molecule has 0 bridgehead atoms. The zero-order valence-electron chi connectivity index (χ0n) is 15.1. The first kappa shape index (κ1) is 17.4. The lowest BCUT2D eigenvalue weighted by molar-refractivity contribution is 0.120. The van der Waals surface area contributed by atoms with E-state index in [0.29, 0.717) is 55.5 Å². The molecule has 0 atom stereocenters. The first-order chi connectivity index (χ1) is 13.2. The van der Waals surface area contributed by atoms with Crippen molar-refractivity contribution in [1.29, 1.82) is 0 Å². The zero-order valence-corrected chi connectivity index (χ0v) is 15.1. The summed E-state index contributed by atoms with van der Waals surface area (Å²) in [4.78, 5) is 14.6. The van der Waals surface area contributed by atoms with Crippen molar-refractivity contribution in [2.24, 2.45) is 0 Å². The van der Waals surface area contributed by atoms with Gasteiger partial charge in [-0.2, -0.15) is 0 Å². The summed E-state index contributed by atoms with van der Waals surface area (Å²) in [5.74, 6) is 1.90. The second-order valence-electron chi connectivity index (χ2n) is 6.32.